The number of carbonyl (C=O) groups excluding carboxylic acids is 1. The van der Waals surface area contributed by atoms with E-state index in [1.165, 1.54) is 23.0 Å². The van der Waals surface area contributed by atoms with Gasteiger partial charge < -0.3 is 9.47 Å². The summed E-state index contributed by atoms with van der Waals surface area (Å²) in [6.45, 7) is 0. The molecule has 0 amide bonds. The summed E-state index contributed by atoms with van der Waals surface area (Å²) < 4.78 is 11.6. The van der Waals surface area contributed by atoms with Crippen molar-refractivity contribution in [3.05, 3.63) is 74.5 Å². The van der Waals surface area contributed by atoms with E-state index in [-0.39, 0.29) is 5.56 Å². The van der Waals surface area contributed by atoms with Gasteiger partial charge in [0.15, 0.2) is 5.82 Å². The zero-order chi connectivity index (χ0) is 19.7. The van der Waals surface area contributed by atoms with Crippen LogP contribution >= 0.6 is 11.3 Å². The standard InChI is InChI=1S/C20H15N3O4S/c1-26-15-9-7-13(8-10-15)17-21-20-23(22-17)18(24)16(28-20)11-12-3-5-14(6-4-12)19(25)27-2/h3-11H,1-2H3. The van der Waals surface area contributed by atoms with Crippen LogP contribution in [0.3, 0.4) is 0 Å². The van der Waals surface area contributed by atoms with Crippen LogP contribution in [0.15, 0.2) is 53.3 Å². The third-order valence-electron chi connectivity index (χ3n) is 4.16. The van der Waals surface area contributed by atoms with Gasteiger partial charge in [-0.1, -0.05) is 23.5 Å². The van der Waals surface area contributed by atoms with Gasteiger partial charge in [0.05, 0.1) is 24.3 Å². The Balaban J connectivity index is 1.68. The summed E-state index contributed by atoms with van der Waals surface area (Å²) >= 11 is 1.26. The van der Waals surface area contributed by atoms with Crippen molar-refractivity contribution in [3.63, 3.8) is 0 Å². The maximum Gasteiger partial charge on any atom is 0.337 e. The number of ether oxygens (including phenoxy) is 2. The lowest BCUT2D eigenvalue weighted by Gasteiger charge is -1.99. The Hall–Kier alpha value is -3.52. The molecule has 0 atom stereocenters. The van der Waals surface area contributed by atoms with Crippen molar-refractivity contribution in [3.8, 4) is 17.1 Å². The predicted octanol–water partition coefficient (Wildman–Crippen LogP) is 2.16. The lowest BCUT2D eigenvalue weighted by atomic mass is 10.1. The molecule has 0 saturated carbocycles. The Kier molecular flexibility index (Phi) is 4.62. The van der Waals surface area contributed by atoms with E-state index >= 15 is 0 Å². The van der Waals surface area contributed by atoms with Crippen LogP contribution in [-0.4, -0.2) is 34.8 Å². The van der Waals surface area contributed by atoms with E-state index in [0.717, 1.165) is 16.9 Å². The summed E-state index contributed by atoms with van der Waals surface area (Å²) in [5.74, 6) is 0.824. The number of fused-ring (bicyclic) bond motifs is 1. The van der Waals surface area contributed by atoms with Gasteiger partial charge in [0.1, 0.15) is 5.75 Å². The second-order valence-corrected chi connectivity index (χ2v) is 6.90. The highest BCUT2D eigenvalue weighted by Gasteiger charge is 2.12. The molecule has 0 aliphatic carbocycles. The molecule has 2 aromatic heterocycles. The summed E-state index contributed by atoms with van der Waals surface area (Å²) in [4.78, 5) is 29.1. The third kappa shape index (κ3) is 3.25. The van der Waals surface area contributed by atoms with Gasteiger partial charge in [-0.3, -0.25) is 4.79 Å². The normalized spacial score (nSPS) is 11.7. The lowest BCUT2D eigenvalue weighted by Crippen LogP contribution is -2.23. The number of hydrogen-bond acceptors (Lipinski definition) is 7. The second kappa shape index (κ2) is 7.24. The van der Waals surface area contributed by atoms with Gasteiger partial charge in [0, 0.05) is 5.56 Å². The third-order valence-corrected chi connectivity index (χ3v) is 5.12. The molecular formula is C20H15N3O4S. The minimum absolute atomic E-state index is 0.232. The van der Waals surface area contributed by atoms with E-state index in [1.54, 1.807) is 37.5 Å². The average molecular weight is 393 g/mol. The Labute approximate surface area is 163 Å². The largest absolute Gasteiger partial charge is 0.497 e. The molecule has 140 valence electrons. The van der Waals surface area contributed by atoms with E-state index < -0.39 is 5.97 Å². The highest BCUT2D eigenvalue weighted by molar-refractivity contribution is 7.15. The summed E-state index contributed by atoms with van der Waals surface area (Å²) in [7, 11) is 2.94. The van der Waals surface area contributed by atoms with Gasteiger partial charge in [-0.05, 0) is 48.0 Å². The summed E-state index contributed by atoms with van der Waals surface area (Å²) in [5.41, 5.74) is 1.82. The fourth-order valence-corrected chi connectivity index (χ4v) is 3.59. The number of thiazole rings is 1. The van der Waals surface area contributed by atoms with Gasteiger partial charge in [0.25, 0.3) is 5.56 Å². The van der Waals surface area contributed by atoms with Crippen molar-refractivity contribution in [1.82, 2.24) is 14.6 Å². The Morgan fingerprint density at radius 1 is 1.07 bits per heavy atom. The van der Waals surface area contributed by atoms with E-state index in [0.29, 0.717) is 20.9 Å². The number of nitrogens with zero attached hydrogens (tertiary/aromatic N) is 3. The molecule has 2 aromatic carbocycles. The number of carbonyl (C=O) groups is 1. The van der Waals surface area contributed by atoms with Gasteiger partial charge in [-0.15, -0.1) is 5.10 Å². The van der Waals surface area contributed by atoms with Gasteiger partial charge in [-0.25, -0.2) is 4.79 Å². The van der Waals surface area contributed by atoms with Crippen molar-refractivity contribution < 1.29 is 14.3 Å². The minimum atomic E-state index is -0.402. The predicted molar refractivity (Wildman–Crippen MR) is 106 cm³/mol. The summed E-state index contributed by atoms with van der Waals surface area (Å²) in [6, 6.07) is 14.1. The molecular weight excluding hydrogens is 378 g/mol. The molecule has 2 heterocycles. The zero-order valence-electron chi connectivity index (χ0n) is 15.1. The van der Waals surface area contributed by atoms with Crippen LogP contribution in [0.4, 0.5) is 0 Å². The maximum absolute atomic E-state index is 12.6. The molecule has 0 saturated heterocycles. The van der Waals surface area contributed by atoms with E-state index in [2.05, 4.69) is 14.8 Å². The number of benzene rings is 2. The molecule has 0 aliphatic rings. The van der Waals surface area contributed by atoms with Crippen molar-refractivity contribution in [2.75, 3.05) is 14.2 Å². The van der Waals surface area contributed by atoms with Crippen LogP contribution in [0, 0.1) is 0 Å². The topological polar surface area (TPSA) is 82.8 Å². The molecule has 0 spiro atoms. The number of hydrogen-bond donors (Lipinski definition) is 0. The number of esters is 1. The molecule has 28 heavy (non-hydrogen) atoms. The van der Waals surface area contributed by atoms with E-state index in [9.17, 15) is 9.59 Å². The van der Waals surface area contributed by atoms with Crippen molar-refractivity contribution in [2.45, 2.75) is 0 Å². The molecule has 7 nitrogen and oxygen atoms in total. The molecule has 4 rings (SSSR count). The molecule has 0 bridgehead atoms. The Morgan fingerprint density at radius 3 is 2.39 bits per heavy atom. The highest BCUT2D eigenvalue weighted by atomic mass is 32.1. The monoisotopic (exact) mass is 393 g/mol. The van der Waals surface area contributed by atoms with Gasteiger partial charge in [0.2, 0.25) is 4.96 Å². The molecule has 0 unspecified atom stereocenters. The van der Waals surface area contributed by atoms with Crippen LogP contribution in [0.1, 0.15) is 15.9 Å². The molecule has 8 heteroatoms. The van der Waals surface area contributed by atoms with E-state index in [1.807, 2.05) is 24.3 Å². The van der Waals surface area contributed by atoms with Crippen LogP contribution in [0.25, 0.3) is 22.4 Å². The Morgan fingerprint density at radius 2 is 1.79 bits per heavy atom. The Bertz CT molecular complexity index is 1260. The van der Waals surface area contributed by atoms with Crippen LogP contribution < -0.4 is 14.8 Å². The highest BCUT2D eigenvalue weighted by Crippen LogP contribution is 2.20. The van der Waals surface area contributed by atoms with Crippen LogP contribution in [-0.2, 0) is 4.74 Å². The fourth-order valence-electron chi connectivity index (χ4n) is 2.68. The van der Waals surface area contributed by atoms with Crippen LogP contribution in [0.5, 0.6) is 5.75 Å². The number of aromatic nitrogens is 3. The summed E-state index contributed by atoms with van der Waals surface area (Å²) in [6.07, 6.45) is 1.75. The van der Waals surface area contributed by atoms with Crippen molar-refractivity contribution in [1.29, 1.82) is 0 Å². The molecule has 4 aromatic rings. The molecule has 0 fully saturated rings. The minimum Gasteiger partial charge on any atom is -0.497 e. The second-order valence-electron chi connectivity index (χ2n) is 5.89. The van der Waals surface area contributed by atoms with Crippen molar-refractivity contribution in [2.24, 2.45) is 0 Å². The first-order chi connectivity index (χ1) is 13.6. The lowest BCUT2D eigenvalue weighted by molar-refractivity contribution is 0.0600. The smallest absolute Gasteiger partial charge is 0.337 e. The molecule has 0 radical (unpaired) electrons. The quantitative estimate of drug-likeness (QED) is 0.494. The van der Waals surface area contributed by atoms with Gasteiger partial charge in [-0.2, -0.15) is 9.50 Å². The van der Waals surface area contributed by atoms with E-state index in [4.69, 9.17) is 4.74 Å². The summed E-state index contributed by atoms with van der Waals surface area (Å²) in [5, 5.41) is 4.33. The first kappa shape index (κ1) is 17.9. The number of rotatable bonds is 4. The first-order valence-corrected chi connectivity index (χ1v) is 9.15. The van der Waals surface area contributed by atoms with Crippen LogP contribution in [0.2, 0.25) is 0 Å². The van der Waals surface area contributed by atoms with Gasteiger partial charge >= 0.3 is 5.97 Å². The molecule has 0 N–H and O–H groups in total. The average Bonchev–Trinajstić information content (AvgIpc) is 3.27. The first-order valence-electron chi connectivity index (χ1n) is 8.33. The zero-order valence-corrected chi connectivity index (χ0v) is 15.9. The maximum atomic E-state index is 12.6. The van der Waals surface area contributed by atoms with Crippen molar-refractivity contribution >= 4 is 28.3 Å². The number of methoxy groups -OCH3 is 2. The molecule has 0 aliphatic heterocycles. The SMILES string of the molecule is COC(=O)c1ccc(C=c2sc3nc(-c4ccc(OC)cc4)nn3c2=O)cc1. The fraction of sp³-hybridized carbons (Fsp3) is 0.100.